The van der Waals surface area contributed by atoms with Gasteiger partial charge in [0.1, 0.15) is 6.10 Å². The zero-order valence-electron chi connectivity index (χ0n) is 8.13. The van der Waals surface area contributed by atoms with E-state index in [1.165, 1.54) is 5.57 Å². The molecule has 0 bridgehead atoms. The lowest BCUT2D eigenvalue weighted by atomic mass is 9.83. The van der Waals surface area contributed by atoms with Crippen LogP contribution in [0.15, 0.2) is 41.1 Å². The van der Waals surface area contributed by atoms with Gasteiger partial charge >= 0.3 is 0 Å². The highest BCUT2D eigenvalue weighted by Crippen LogP contribution is 2.38. The van der Waals surface area contributed by atoms with Crippen molar-refractivity contribution in [3.05, 3.63) is 36.1 Å². The van der Waals surface area contributed by atoms with Gasteiger partial charge < -0.3 is 4.74 Å². The second-order valence-electron chi connectivity index (χ2n) is 4.13. The molecule has 0 spiro atoms. The third-order valence-electron chi connectivity index (χ3n) is 3.15. The quantitative estimate of drug-likeness (QED) is 0.569. The van der Waals surface area contributed by atoms with Gasteiger partial charge in [-0.25, -0.2) is 0 Å². The molecule has 1 fully saturated rings. The summed E-state index contributed by atoms with van der Waals surface area (Å²) in [5, 5.41) is 0. The molecule has 2 nitrogen and oxygen atoms in total. The first-order chi connectivity index (χ1) is 6.84. The van der Waals surface area contributed by atoms with Crippen LogP contribution in [0.3, 0.4) is 0 Å². The van der Waals surface area contributed by atoms with Crippen molar-refractivity contribution < 1.29 is 4.74 Å². The third kappa shape index (κ3) is 1.11. The SMILES string of the molecule is CC1=CC2C(C=C1)OC1C=NC=CC12. The molecule has 0 radical (unpaired) electrons. The Kier molecular flexibility index (Phi) is 1.71. The molecule has 3 rings (SSSR count). The average Bonchev–Trinajstić information content (AvgIpc) is 2.56. The first kappa shape index (κ1) is 8.18. The van der Waals surface area contributed by atoms with E-state index in [1.54, 1.807) is 0 Å². The maximum Gasteiger partial charge on any atom is 0.100 e. The molecular weight excluding hydrogens is 174 g/mol. The molecule has 1 aliphatic carbocycles. The number of rotatable bonds is 0. The number of hydrogen-bond donors (Lipinski definition) is 0. The van der Waals surface area contributed by atoms with Crippen LogP contribution in [-0.4, -0.2) is 18.4 Å². The lowest BCUT2D eigenvalue weighted by molar-refractivity contribution is 0.102. The molecule has 4 unspecified atom stereocenters. The highest BCUT2D eigenvalue weighted by molar-refractivity contribution is 5.67. The van der Waals surface area contributed by atoms with Crippen LogP contribution in [0.2, 0.25) is 0 Å². The molecule has 2 aliphatic heterocycles. The number of aliphatic imine (C=N–C) groups is 1. The van der Waals surface area contributed by atoms with Gasteiger partial charge in [-0.2, -0.15) is 0 Å². The van der Waals surface area contributed by atoms with Crippen LogP contribution in [-0.2, 0) is 4.74 Å². The number of hydrogen-bond acceptors (Lipinski definition) is 2. The van der Waals surface area contributed by atoms with Crippen LogP contribution >= 0.6 is 0 Å². The second kappa shape index (κ2) is 2.92. The van der Waals surface area contributed by atoms with Crippen LogP contribution in [0.5, 0.6) is 0 Å². The highest BCUT2D eigenvalue weighted by atomic mass is 16.5. The van der Waals surface area contributed by atoms with Crippen molar-refractivity contribution in [1.29, 1.82) is 0 Å². The largest absolute Gasteiger partial charge is 0.364 e. The summed E-state index contributed by atoms with van der Waals surface area (Å²) in [7, 11) is 0. The monoisotopic (exact) mass is 187 g/mol. The first-order valence-electron chi connectivity index (χ1n) is 5.07. The van der Waals surface area contributed by atoms with E-state index < -0.39 is 0 Å². The summed E-state index contributed by atoms with van der Waals surface area (Å²) in [6, 6.07) is 0. The van der Waals surface area contributed by atoms with E-state index >= 15 is 0 Å². The molecule has 14 heavy (non-hydrogen) atoms. The van der Waals surface area contributed by atoms with Gasteiger partial charge in [0.05, 0.1) is 6.10 Å². The fourth-order valence-corrected chi connectivity index (χ4v) is 2.44. The van der Waals surface area contributed by atoms with Gasteiger partial charge in [0, 0.05) is 24.3 Å². The minimum absolute atomic E-state index is 0.182. The third-order valence-corrected chi connectivity index (χ3v) is 3.15. The summed E-state index contributed by atoms with van der Waals surface area (Å²) in [6.07, 6.45) is 13.0. The first-order valence-corrected chi connectivity index (χ1v) is 5.07. The highest BCUT2D eigenvalue weighted by Gasteiger charge is 2.41. The fourth-order valence-electron chi connectivity index (χ4n) is 2.44. The van der Waals surface area contributed by atoms with Crippen molar-refractivity contribution in [2.75, 3.05) is 0 Å². The Hall–Kier alpha value is -1.15. The summed E-state index contributed by atoms with van der Waals surface area (Å²) < 4.78 is 5.89. The van der Waals surface area contributed by atoms with E-state index in [-0.39, 0.29) is 12.2 Å². The predicted molar refractivity (Wildman–Crippen MR) is 56.2 cm³/mol. The van der Waals surface area contributed by atoms with E-state index in [4.69, 9.17) is 4.74 Å². The molecule has 0 saturated carbocycles. The van der Waals surface area contributed by atoms with Crippen LogP contribution in [0.25, 0.3) is 0 Å². The molecular formula is C12H13NO. The Morgan fingerprint density at radius 2 is 2.14 bits per heavy atom. The maximum atomic E-state index is 5.89. The summed E-state index contributed by atoms with van der Waals surface area (Å²) in [5.41, 5.74) is 1.34. The molecule has 0 N–H and O–H groups in total. The Morgan fingerprint density at radius 3 is 3.07 bits per heavy atom. The van der Waals surface area contributed by atoms with Crippen LogP contribution in [0.4, 0.5) is 0 Å². The summed E-state index contributed by atoms with van der Waals surface area (Å²) in [6.45, 7) is 2.14. The molecule has 0 aromatic heterocycles. The molecule has 0 aromatic carbocycles. The van der Waals surface area contributed by atoms with Crippen molar-refractivity contribution in [3.8, 4) is 0 Å². The summed E-state index contributed by atoms with van der Waals surface area (Å²) in [4.78, 5) is 4.12. The average molecular weight is 187 g/mol. The standard InChI is InChI=1S/C12H13NO/c1-8-2-3-11-10(6-8)9-4-5-13-7-12(9)14-11/h2-7,9-12H,1H3. The van der Waals surface area contributed by atoms with Gasteiger partial charge in [-0.15, -0.1) is 0 Å². The van der Waals surface area contributed by atoms with Crippen LogP contribution in [0, 0.1) is 11.8 Å². The van der Waals surface area contributed by atoms with Gasteiger partial charge in [-0.3, -0.25) is 4.99 Å². The smallest absolute Gasteiger partial charge is 0.100 e. The molecule has 1 saturated heterocycles. The van der Waals surface area contributed by atoms with E-state index in [1.807, 2.05) is 12.4 Å². The fraction of sp³-hybridized carbons (Fsp3) is 0.417. The second-order valence-corrected chi connectivity index (χ2v) is 4.13. The Bertz CT molecular complexity index is 365. The molecule has 0 amide bonds. The summed E-state index contributed by atoms with van der Waals surface area (Å²) in [5.74, 6) is 0.991. The Morgan fingerprint density at radius 1 is 1.21 bits per heavy atom. The topological polar surface area (TPSA) is 21.6 Å². The van der Waals surface area contributed by atoms with Crippen molar-refractivity contribution in [1.82, 2.24) is 0 Å². The lowest BCUT2D eigenvalue weighted by Gasteiger charge is -2.19. The van der Waals surface area contributed by atoms with E-state index in [2.05, 4.69) is 36.2 Å². The van der Waals surface area contributed by atoms with Crippen molar-refractivity contribution in [3.63, 3.8) is 0 Å². The Balaban J connectivity index is 1.95. The minimum atomic E-state index is 0.182. The minimum Gasteiger partial charge on any atom is -0.364 e. The predicted octanol–water partition coefficient (Wildman–Crippen LogP) is 2.10. The zero-order chi connectivity index (χ0) is 9.54. The van der Waals surface area contributed by atoms with Crippen molar-refractivity contribution >= 4 is 6.21 Å². The van der Waals surface area contributed by atoms with Gasteiger partial charge in [-0.1, -0.05) is 29.9 Å². The van der Waals surface area contributed by atoms with Gasteiger partial charge in [0.25, 0.3) is 0 Å². The van der Waals surface area contributed by atoms with E-state index in [0.717, 1.165) is 0 Å². The van der Waals surface area contributed by atoms with Gasteiger partial charge in [0.2, 0.25) is 0 Å². The molecule has 2 heterocycles. The number of allylic oxidation sites excluding steroid dienone is 2. The van der Waals surface area contributed by atoms with Crippen LogP contribution in [0.1, 0.15) is 6.92 Å². The maximum absolute atomic E-state index is 5.89. The van der Waals surface area contributed by atoms with Gasteiger partial charge in [0.15, 0.2) is 0 Å². The van der Waals surface area contributed by atoms with Crippen molar-refractivity contribution in [2.24, 2.45) is 16.8 Å². The normalized spacial score (nSPS) is 43.4. The lowest BCUT2D eigenvalue weighted by Crippen LogP contribution is -2.21. The zero-order valence-corrected chi connectivity index (χ0v) is 8.13. The Labute approximate surface area is 83.7 Å². The molecule has 72 valence electrons. The molecule has 4 atom stereocenters. The van der Waals surface area contributed by atoms with E-state index in [0.29, 0.717) is 11.8 Å². The van der Waals surface area contributed by atoms with E-state index in [9.17, 15) is 0 Å². The number of nitrogens with zero attached hydrogens (tertiary/aromatic N) is 1. The molecule has 2 heteroatoms. The number of fused-ring (bicyclic) bond motifs is 3. The molecule has 0 aromatic rings. The van der Waals surface area contributed by atoms with Gasteiger partial charge in [-0.05, 0) is 6.92 Å². The molecule has 3 aliphatic rings. The van der Waals surface area contributed by atoms with Crippen LogP contribution < -0.4 is 0 Å². The van der Waals surface area contributed by atoms with Crippen molar-refractivity contribution in [2.45, 2.75) is 19.1 Å². The summed E-state index contributed by atoms with van der Waals surface area (Å²) >= 11 is 0. The number of ether oxygens (including phenoxy) is 1.